The molecule has 0 aliphatic carbocycles. The standard InChI is InChI=1S/C15H21ClO3/c1-14(2)8-12(15(3,4)19-14)18-13-10(9-17)6-5-7-11(13)16/h5-7,12,17H,8-9H2,1-4H3. The summed E-state index contributed by atoms with van der Waals surface area (Å²) < 4.78 is 12.1. The molecule has 0 bridgehead atoms. The van der Waals surface area contributed by atoms with Gasteiger partial charge >= 0.3 is 0 Å². The molecule has 1 aliphatic heterocycles. The van der Waals surface area contributed by atoms with Crippen LogP contribution >= 0.6 is 11.6 Å². The third kappa shape index (κ3) is 3.04. The quantitative estimate of drug-likeness (QED) is 0.922. The van der Waals surface area contributed by atoms with Crippen molar-refractivity contribution in [1.29, 1.82) is 0 Å². The average Bonchev–Trinajstić information content (AvgIpc) is 2.49. The topological polar surface area (TPSA) is 38.7 Å². The van der Waals surface area contributed by atoms with Gasteiger partial charge < -0.3 is 14.6 Å². The van der Waals surface area contributed by atoms with Crippen molar-refractivity contribution in [3.05, 3.63) is 28.8 Å². The molecule has 1 heterocycles. The van der Waals surface area contributed by atoms with E-state index in [1.807, 2.05) is 19.9 Å². The fourth-order valence-electron chi connectivity index (χ4n) is 2.65. The van der Waals surface area contributed by atoms with Crippen LogP contribution in [0.2, 0.25) is 5.02 Å². The molecule has 0 amide bonds. The molecule has 1 fully saturated rings. The summed E-state index contributed by atoms with van der Waals surface area (Å²) >= 11 is 6.17. The fraction of sp³-hybridized carbons (Fsp3) is 0.600. The zero-order valence-corrected chi connectivity index (χ0v) is 12.6. The summed E-state index contributed by atoms with van der Waals surface area (Å²) in [7, 11) is 0. The minimum atomic E-state index is -0.380. The van der Waals surface area contributed by atoms with Crippen LogP contribution in [-0.2, 0) is 11.3 Å². The van der Waals surface area contributed by atoms with Gasteiger partial charge in [-0.05, 0) is 33.8 Å². The lowest BCUT2D eigenvalue weighted by Gasteiger charge is -2.28. The van der Waals surface area contributed by atoms with Crippen molar-refractivity contribution in [2.45, 2.75) is 58.0 Å². The molecular weight excluding hydrogens is 264 g/mol. The van der Waals surface area contributed by atoms with Crippen molar-refractivity contribution < 1.29 is 14.6 Å². The van der Waals surface area contributed by atoms with Crippen LogP contribution in [0.25, 0.3) is 0 Å². The molecule has 0 aromatic heterocycles. The Morgan fingerprint density at radius 2 is 2.05 bits per heavy atom. The lowest BCUT2D eigenvalue weighted by atomic mass is 9.97. The largest absolute Gasteiger partial charge is 0.485 e. The van der Waals surface area contributed by atoms with Crippen LogP contribution in [0.5, 0.6) is 5.75 Å². The van der Waals surface area contributed by atoms with E-state index in [4.69, 9.17) is 21.1 Å². The van der Waals surface area contributed by atoms with Crippen molar-refractivity contribution in [2.75, 3.05) is 0 Å². The van der Waals surface area contributed by atoms with Crippen molar-refractivity contribution >= 4 is 11.6 Å². The van der Waals surface area contributed by atoms with Gasteiger partial charge in [-0.15, -0.1) is 0 Å². The molecule has 1 saturated heterocycles. The number of hydrogen-bond donors (Lipinski definition) is 1. The SMILES string of the molecule is CC1(C)CC(Oc2c(Cl)cccc2CO)C(C)(C)O1. The summed E-state index contributed by atoms with van der Waals surface area (Å²) in [4.78, 5) is 0. The zero-order valence-electron chi connectivity index (χ0n) is 11.9. The summed E-state index contributed by atoms with van der Waals surface area (Å²) in [5.41, 5.74) is 0.109. The van der Waals surface area contributed by atoms with Gasteiger partial charge in [0.1, 0.15) is 17.5 Å². The highest BCUT2D eigenvalue weighted by molar-refractivity contribution is 6.32. The number of rotatable bonds is 3. The predicted molar refractivity (Wildman–Crippen MR) is 75.7 cm³/mol. The molecule has 0 radical (unpaired) electrons. The van der Waals surface area contributed by atoms with Gasteiger partial charge in [0.2, 0.25) is 0 Å². The van der Waals surface area contributed by atoms with Crippen LogP contribution in [0.3, 0.4) is 0 Å². The maximum absolute atomic E-state index is 9.38. The molecule has 1 atom stereocenters. The lowest BCUT2D eigenvalue weighted by Crippen LogP contribution is -2.37. The summed E-state index contributed by atoms with van der Waals surface area (Å²) in [5.74, 6) is 0.561. The Labute approximate surface area is 119 Å². The molecule has 0 spiro atoms. The number of ether oxygens (including phenoxy) is 2. The molecule has 19 heavy (non-hydrogen) atoms. The van der Waals surface area contributed by atoms with Crippen LogP contribution in [-0.4, -0.2) is 22.4 Å². The van der Waals surface area contributed by atoms with Gasteiger partial charge in [-0.2, -0.15) is 0 Å². The predicted octanol–water partition coefficient (Wildman–Crippen LogP) is 3.56. The minimum absolute atomic E-state index is 0.0900. The summed E-state index contributed by atoms with van der Waals surface area (Å²) in [6, 6.07) is 5.39. The van der Waals surface area contributed by atoms with E-state index in [0.717, 1.165) is 6.42 Å². The van der Waals surface area contributed by atoms with Gasteiger partial charge in [-0.1, -0.05) is 23.7 Å². The summed E-state index contributed by atoms with van der Waals surface area (Å²) in [6.07, 6.45) is 0.698. The second-order valence-corrected chi connectivity index (χ2v) is 6.57. The first-order valence-electron chi connectivity index (χ1n) is 6.50. The maximum Gasteiger partial charge on any atom is 0.143 e. The maximum atomic E-state index is 9.38. The van der Waals surface area contributed by atoms with E-state index in [-0.39, 0.29) is 23.9 Å². The molecule has 0 saturated carbocycles. The van der Waals surface area contributed by atoms with Crippen molar-refractivity contribution in [3.8, 4) is 5.75 Å². The van der Waals surface area contributed by atoms with Gasteiger partial charge in [-0.3, -0.25) is 0 Å². The number of halogens is 1. The summed E-state index contributed by atoms with van der Waals surface area (Å²) in [5, 5.41) is 9.90. The van der Waals surface area contributed by atoms with E-state index in [9.17, 15) is 5.11 Å². The number of para-hydroxylation sites is 1. The number of aliphatic hydroxyl groups excluding tert-OH is 1. The first-order chi connectivity index (χ1) is 8.75. The zero-order chi connectivity index (χ0) is 14.3. The Balaban J connectivity index is 2.27. The van der Waals surface area contributed by atoms with Crippen LogP contribution in [0, 0.1) is 0 Å². The second-order valence-electron chi connectivity index (χ2n) is 6.16. The van der Waals surface area contributed by atoms with Crippen LogP contribution in [0.15, 0.2) is 18.2 Å². The second kappa shape index (κ2) is 4.97. The van der Waals surface area contributed by atoms with E-state index in [0.29, 0.717) is 16.3 Å². The number of benzene rings is 1. The third-order valence-corrected chi connectivity index (χ3v) is 3.77. The number of hydrogen-bond acceptors (Lipinski definition) is 3. The first-order valence-corrected chi connectivity index (χ1v) is 6.88. The smallest absolute Gasteiger partial charge is 0.143 e. The molecule has 1 aromatic rings. The van der Waals surface area contributed by atoms with E-state index in [1.54, 1.807) is 12.1 Å². The Morgan fingerprint density at radius 3 is 2.58 bits per heavy atom. The van der Waals surface area contributed by atoms with E-state index in [1.165, 1.54) is 0 Å². The Bertz CT molecular complexity index is 468. The van der Waals surface area contributed by atoms with Gasteiger partial charge in [-0.25, -0.2) is 0 Å². The highest BCUT2D eigenvalue weighted by Crippen LogP contribution is 2.41. The molecule has 1 aromatic carbocycles. The molecule has 1 unspecified atom stereocenters. The van der Waals surface area contributed by atoms with Crippen LogP contribution in [0.1, 0.15) is 39.7 Å². The minimum Gasteiger partial charge on any atom is -0.485 e. The lowest BCUT2D eigenvalue weighted by molar-refractivity contribution is -0.0847. The van der Waals surface area contributed by atoms with Crippen molar-refractivity contribution in [3.63, 3.8) is 0 Å². The monoisotopic (exact) mass is 284 g/mol. The van der Waals surface area contributed by atoms with E-state index in [2.05, 4.69) is 13.8 Å². The van der Waals surface area contributed by atoms with E-state index >= 15 is 0 Å². The Hall–Kier alpha value is -0.770. The highest BCUT2D eigenvalue weighted by Gasteiger charge is 2.47. The van der Waals surface area contributed by atoms with E-state index < -0.39 is 0 Å². The number of aliphatic hydroxyl groups is 1. The Morgan fingerprint density at radius 1 is 1.37 bits per heavy atom. The van der Waals surface area contributed by atoms with Gasteiger partial charge in [0.05, 0.1) is 17.2 Å². The first kappa shape index (κ1) is 14.6. The van der Waals surface area contributed by atoms with Crippen LogP contribution < -0.4 is 4.74 Å². The molecular formula is C15H21ClO3. The molecule has 1 N–H and O–H groups in total. The summed E-state index contributed by atoms with van der Waals surface area (Å²) in [6.45, 7) is 8.05. The highest BCUT2D eigenvalue weighted by atomic mass is 35.5. The third-order valence-electron chi connectivity index (χ3n) is 3.47. The fourth-order valence-corrected chi connectivity index (χ4v) is 2.89. The molecule has 4 heteroatoms. The van der Waals surface area contributed by atoms with Gasteiger partial charge in [0.15, 0.2) is 0 Å². The molecule has 106 valence electrons. The molecule has 2 rings (SSSR count). The van der Waals surface area contributed by atoms with Crippen LogP contribution in [0.4, 0.5) is 0 Å². The van der Waals surface area contributed by atoms with Gasteiger partial charge in [0.25, 0.3) is 0 Å². The van der Waals surface area contributed by atoms with Crippen molar-refractivity contribution in [2.24, 2.45) is 0 Å². The molecule has 1 aliphatic rings. The van der Waals surface area contributed by atoms with Crippen molar-refractivity contribution in [1.82, 2.24) is 0 Å². The Kier molecular flexibility index (Phi) is 3.83. The average molecular weight is 285 g/mol. The normalized spacial score (nSPS) is 24.4. The molecule has 3 nitrogen and oxygen atoms in total. The van der Waals surface area contributed by atoms with Gasteiger partial charge in [0, 0.05) is 12.0 Å².